The van der Waals surface area contributed by atoms with Crippen LogP contribution in [0, 0.1) is 0 Å². The van der Waals surface area contributed by atoms with Crippen LogP contribution in [0.1, 0.15) is 32.8 Å². The molecular formula is C12H20N2O. The molecule has 0 aromatic carbocycles. The molecule has 3 heteroatoms. The van der Waals surface area contributed by atoms with E-state index in [4.69, 9.17) is 4.74 Å². The van der Waals surface area contributed by atoms with Gasteiger partial charge in [0.05, 0.1) is 6.10 Å². The highest BCUT2D eigenvalue weighted by molar-refractivity contribution is 5.25. The lowest BCUT2D eigenvalue weighted by Gasteiger charge is -2.12. The van der Waals surface area contributed by atoms with E-state index in [1.807, 2.05) is 26.0 Å². The molecular weight excluding hydrogens is 188 g/mol. The van der Waals surface area contributed by atoms with Crippen LogP contribution in [-0.2, 0) is 6.54 Å². The Hall–Kier alpha value is -1.09. The van der Waals surface area contributed by atoms with Gasteiger partial charge in [0.25, 0.3) is 0 Å². The molecule has 0 radical (unpaired) electrons. The van der Waals surface area contributed by atoms with Gasteiger partial charge in [-0.2, -0.15) is 0 Å². The van der Waals surface area contributed by atoms with Crippen molar-refractivity contribution < 1.29 is 4.74 Å². The van der Waals surface area contributed by atoms with Crippen LogP contribution in [0.15, 0.2) is 18.3 Å². The predicted molar refractivity (Wildman–Crippen MR) is 62.0 cm³/mol. The van der Waals surface area contributed by atoms with Crippen molar-refractivity contribution in [1.29, 1.82) is 0 Å². The van der Waals surface area contributed by atoms with Gasteiger partial charge in [0, 0.05) is 18.3 Å². The van der Waals surface area contributed by atoms with Crippen LogP contribution in [0.25, 0.3) is 0 Å². The third kappa shape index (κ3) is 4.30. The van der Waals surface area contributed by atoms with Crippen LogP contribution in [0.2, 0.25) is 0 Å². The molecule has 0 aliphatic rings. The first-order valence-corrected chi connectivity index (χ1v) is 5.55. The minimum absolute atomic E-state index is 0.171. The van der Waals surface area contributed by atoms with Crippen LogP contribution < -0.4 is 10.1 Å². The Morgan fingerprint density at radius 3 is 2.93 bits per heavy atom. The summed E-state index contributed by atoms with van der Waals surface area (Å²) in [6, 6.07) is 3.99. The maximum atomic E-state index is 5.62. The number of hydrogen-bond acceptors (Lipinski definition) is 3. The van der Waals surface area contributed by atoms with Gasteiger partial charge in [0.2, 0.25) is 5.88 Å². The molecule has 0 aliphatic heterocycles. The number of hydrogen-bond donors (Lipinski definition) is 1. The minimum Gasteiger partial charge on any atom is -0.475 e. The van der Waals surface area contributed by atoms with Crippen molar-refractivity contribution in [2.75, 3.05) is 6.54 Å². The summed E-state index contributed by atoms with van der Waals surface area (Å²) in [4.78, 5) is 4.24. The topological polar surface area (TPSA) is 34.2 Å². The van der Waals surface area contributed by atoms with Crippen molar-refractivity contribution in [1.82, 2.24) is 10.3 Å². The summed E-state index contributed by atoms with van der Waals surface area (Å²) < 4.78 is 5.62. The number of nitrogens with zero attached hydrogens (tertiary/aromatic N) is 1. The van der Waals surface area contributed by atoms with E-state index in [0.29, 0.717) is 0 Å². The molecule has 1 aromatic heterocycles. The highest BCUT2D eigenvalue weighted by Crippen LogP contribution is 2.15. The van der Waals surface area contributed by atoms with E-state index < -0.39 is 0 Å². The number of pyridine rings is 1. The lowest BCUT2D eigenvalue weighted by atomic mass is 10.2. The predicted octanol–water partition coefficient (Wildman–Crippen LogP) is 2.37. The second kappa shape index (κ2) is 6.40. The molecule has 0 saturated heterocycles. The van der Waals surface area contributed by atoms with Gasteiger partial charge in [-0.3, -0.25) is 0 Å². The zero-order chi connectivity index (χ0) is 11.1. The van der Waals surface area contributed by atoms with Crippen molar-refractivity contribution in [2.45, 2.75) is 39.8 Å². The molecule has 1 N–H and O–H groups in total. The Kier molecular flexibility index (Phi) is 5.12. The molecule has 0 spiro atoms. The SMILES string of the molecule is CCCNCc1cccnc1OC(C)C. The Morgan fingerprint density at radius 2 is 2.27 bits per heavy atom. The van der Waals surface area contributed by atoms with Gasteiger partial charge >= 0.3 is 0 Å². The van der Waals surface area contributed by atoms with Crippen LogP contribution in [-0.4, -0.2) is 17.6 Å². The van der Waals surface area contributed by atoms with Crippen molar-refractivity contribution in [3.8, 4) is 5.88 Å². The molecule has 84 valence electrons. The maximum Gasteiger partial charge on any atom is 0.218 e. The average molecular weight is 208 g/mol. The lowest BCUT2D eigenvalue weighted by Crippen LogP contribution is -2.16. The number of aromatic nitrogens is 1. The van der Waals surface area contributed by atoms with Crippen molar-refractivity contribution in [3.63, 3.8) is 0 Å². The third-order valence-corrected chi connectivity index (χ3v) is 1.94. The fourth-order valence-corrected chi connectivity index (χ4v) is 1.29. The van der Waals surface area contributed by atoms with E-state index in [2.05, 4.69) is 17.2 Å². The van der Waals surface area contributed by atoms with Crippen molar-refractivity contribution >= 4 is 0 Å². The summed E-state index contributed by atoms with van der Waals surface area (Å²) in [5, 5.41) is 3.34. The average Bonchev–Trinajstić information content (AvgIpc) is 2.20. The molecule has 0 unspecified atom stereocenters. The summed E-state index contributed by atoms with van der Waals surface area (Å²) in [5.41, 5.74) is 1.12. The van der Waals surface area contributed by atoms with Crippen LogP contribution >= 0.6 is 0 Å². The molecule has 0 atom stereocenters. The van der Waals surface area contributed by atoms with Crippen molar-refractivity contribution in [3.05, 3.63) is 23.9 Å². The summed E-state index contributed by atoms with van der Waals surface area (Å²) in [5.74, 6) is 0.746. The van der Waals surface area contributed by atoms with E-state index in [1.54, 1.807) is 6.20 Å². The number of nitrogens with one attached hydrogen (secondary N) is 1. The van der Waals surface area contributed by atoms with E-state index >= 15 is 0 Å². The van der Waals surface area contributed by atoms with Gasteiger partial charge in [0.15, 0.2) is 0 Å². The number of rotatable bonds is 6. The fraction of sp³-hybridized carbons (Fsp3) is 0.583. The maximum absolute atomic E-state index is 5.62. The Labute approximate surface area is 91.9 Å². The van der Waals surface area contributed by atoms with Gasteiger partial charge in [-0.15, -0.1) is 0 Å². The highest BCUT2D eigenvalue weighted by atomic mass is 16.5. The Morgan fingerprint density at radius 1 is 1.47 bits per heavy atom. The van der Waals surface area contributed by atoms with Gasteiger partial charge in [-0.1, -0.05) is 13.0 Å². The largest absolute Gasteiger partial charge is 0.475 e. The second-order valence-electron chi connectivity index (χ2n) is 3.81. The zero-order valence-corrected chi connectivity index (χ0v) is 9.79. The summed E-state index contributed by atoms with van der Waals surface area (Å²) >= 11 is 0. The molecule has 15 heavy (non-hydrogen) atoms. The van der Waals surface area contributed by atoms with Crippen LogP contribution in [0.3, 0.4) is 0 Å². The molecule has 1 heterocycles. The van der Waals surface area contributed by atoms with Gasteiger partial charge in [0.1, 0.15) is 0 Å². The Balaban J connectivity index is 2.60. The first-order chi connectivity index (χ1) is 7.24. The molecule has 3 nitrogen and oxygen atoms in total. The van der Waals surface area contributed by atoms with Crippen molar-refractivity contribution in [2.24, 2.45) is 0 Å². The summed E-state index contributed by atoms with van der Waals surface area (Å²) in [7, 11) is 0. The highest BCUT2D eigenvalue weighted by Gasteiger charge is 2.05. The van der Waals surface area contributed by atoms with Crippen LogP contribution in [0.4, 0.5) is 0 Å². The molecule has 0 saturated carbocycles. The molecule has 0 fully saturated rings. The first kappa shape index (κ1) is 12.0. The van der Waals surface area contributed by atoms with Crippen LogP contribution in [0.5, 0.6) is 5.88 Å². The zero-order valence-electron chi connectivity index (χ0n) is 9.79. The van der Waals surface area contributed by atoms with E-state index in [0.717, 1.165) is 31.0 Å². The third-order valence-electron chi connectivity index (χ3n) is 1.94. The molecule has 0 bridgehead atoms. The van der Waals surface area contributed by atoms with Gasteiger partial charge in [-0.05, 0) is 32.9 Å². The van der Waals surface area contributed by atoms with Gasteiger partial charge in [-0.25, -0.2) is 4.98 Å². The Bertz CT molecular complexity index is 287. The molecule has 1 aromatic rings. The summed E-state index contributed by atoms with van der Waals surface area (Å²) in [6.45, 7) is 8.03. The first-order valence-electron chi connectivity index (χ1n) is 5.55. The normalized spacial score (nSPS) is 10.7. The molecule has 0 amide bonds. The van der Waals surface area contributed by atoms with Gasteiger partial charge < -0.3 is 10.1 Å². The smallest absolute Gasteiger partial charge is 0.218 e. The van der Waals surface area contributed by atoms with E-state index in [-0.39, 0.29) is 6.10 Å². The fourth-order valence-electron chi connectivity index (χ4n) is 1.29. The summed E-state index contributed by atoms with van der Waals surface area (Å²) in [6.07, 6.45) is 3.08. The quantitative estimate of drug-likeness (QED) is 0.729. The minimum atomic E-state index is 0.171. The molecule has 0 aliphatic carbocycles. The van der Waals surface area contributed by atoms with E-state index in [1.165, 1.54) is 0 Å². The lowest BCUT2D eigenvalue weighted by molar-refractivity contribution is 0.229. The van der Waals surface area contributed by atoms with E-state index in [9.17, 15) is 0 Å². The standard InChI is InChI=1S/C12H20N2O/c1-4-7-13-9-11-6-5-8-14-12(11)15-10(2)3/h5-6,8,10,13H,4,7,9H2,1-3H3. The number of ether oxygens (including phenoxy) is 1. The second-order valence-corrected chi connectivity index (χ2v) is 3.81. The molecule has 1 rings (SSSR count). The monoisotopic (exact) mass is 208 g/mol.